The number of hydrogen-bond acceptors (Lipinski definition) is 4. The summed E-state index contributed by atoms with van der Waals surface area (Å²) in [5.74, 6) is -0.149. The summed E-state index contributed by atoms with van der Waals surface area (Å²) in [5, 5.41) is 12.9. The highest BCUT2D eigenvalue weighted by Crippen LogP contribution is 2.35. The molecule has 1 aliphatic carbocycles. The predicted octanol–water partition coefficient (Wildman–Crippen LogP) is 3.69. The number of carbonyl (C=O) groups is 2. The van der Waals surface area contributed by atoms with Crippen LogP contribution in [0.2, 0.25) is 0 Å². The van der Waals surface area contributed by atoms with Gasteiger partial charge in [0.25, 0.3) is 5.91 Å². The minimum absolute atomic E-state index is 0.149. The zero-order chi connectivity index (χ0) is 25.2. The van der Waals surface area contributed by atoms with Gasteiger partial charge >= 0.3 is 6.09 Å². The molecule has 2 aliphatic rings. The van der Waals surface area contributed by atoms with Gasteiger partial charge in [0.15, 0.2) is 5.69 Å². The Labute approximate surface area is 211 Å². The number of carbonyl (C=O) groups excluding carboxylic acids is 1. The molecule has 2 aromatic carbocycles. The van der Waals surface area contributed by atoms with E-state index in [1.165, 1.54) is 16.0 Å². The minimum Gasteiger partial charge on any atom is -0.465 e. The van der Waals surface area contributed by atoms with E-state index in [1.54, 1.807) is 11.2 Å². The first-order valence-corrected chi connectivity index (χ1v) is 12.6. The van der Waals surface area contributed by atoms with Crippen LogP contribution in [0.15, 0.2) is 60.9 Å². The first-order valence-electron chi connectivity index (χ1n) is 12.6. The molecule has 8 heteroatoms. The molecule has 0 radical (unpaired) electrons. The Morgan fingerprint density at radius 2 is 1.69 bits per heavy atom. The van der Waals surface area contributed by atoms with Crippen molar-refractivity contribution in [1.82, 2.24) is 24.7 Å². The lowest BCUT2D eigenvalue weighted by Crippen LogP contribution is -2.59. The van der Waals surface area contributed by atoms with Gasteiger partial charge in [-0.25, -0.2) is 9.78 Å². The van der Waals surface area contributed by atoms with E-state index in [0.717, 1.165) is 24.1 Å². The van der Waals surface area contributed by atoms with Gasteiger partial charge in [0.1, 0.15) is 0 Å². The molecule has 0 saturated carbocycles. The van der Waals surface area contributed by atoms with Gasteiger partial charge in [-0.15, -0.1) is 0 Å². The lowest BCUT2D eigenvalue weighted by molar-refractivity contribution is 0.0443. The molecule has 0 spiro atoms. The van der Waals surface area contributed by atoms with Gasteiger partial charge < -0.3 is 24.8 Å². The summed E-state index contributed by atoms with van der Waals surface area (Å²) in [5.41, 5.74) is 4.89. The zero-order valence-corrected chi connectivity index (χ0v) is 20.8. The molecule has 1 fully saturated rings. The third kappa shape index (κ3) is 4.73. The van der Waals surface area contributed by atoms with E-state index in [4.69, 9.17) is 0 Å². The Hall–Kier alpha value is -3.65. The number of amides is 2. The highest BCUT2D eigenvalue weighted by atomic mass is 16.4. The van der Waals surface area contributed by atoms with Crippen molar-refractivity contribution in [1.29, 1.82) is 0 Å². The van der Waals surface area contributed by atoms with Crippen LogP contribution < -0.4 is 5.32 Å². The van der Waals surface area contributed by atoms with Gasteiger partial charge in [-0.3, -0.25) is 4.79 Å². The highest BCUT2D eigenvalue weighted by molar-refractivity contribution is 5.98. The van der Waals surface area contributed by atoms with Crippen LogP contribution in [0.3, 0.4) is 0 Å². The summed E-state index contributed by atoms with van der Waals surface area (Å²) in [6.07, 6.45) is 2.66. The molecule has 2 N–H and O–H groups in total. The highest BCUT2D eigenvalue weighted by Gasteiger charge is 2.36. The average Bonchev–Trinajstić information content (AvgIpc) is 3.52. The SMILES string of the molecule is CC(C)NC[C@@H]1CN(C(=O)O)CCN1C(=O)c1ncn(C2Cc3ccccc3C2)c1-c1ccccc1. The molecule has 5 rings (SSSR count). The molecular formula is C28H33N5O3. The van der Waals surface area contributed by atoms with E-state index >= 15 is 0 Å². The molecule has 1 atom stereocenters. The molecule has 2 amide bonds. The zero-order valence-electron chi connectivity index (χ0n) is 20.8. The molecule has 1 saturated heterocycles. The van der Waals surface area contributed by atoms with Gasteiger partial charge in [0, 0.05) is 43.8 Å². The van der Waals surface area contributed by atoms with Crippen LogP contribution in [0.5, 0.6) is 0 Å². The Bertz CT molecular complexity index is 1210. The minimum atomic E-state index is -0.952. The predicted molar refractivity (Wildman–Crippen MR) is 138 cm³/mol. The topological polar surface area (TPSA) is 90.7 Å². The lowest BCUT2D eigenvalue weighted by Gasteiger charge is -2.40. The number of aromatic nitrogens is 2. The fourth-order valence-corrected chi connectivity index (χ4v) is 5.39. The maximum absolute atomic E-state index is 14.0. The molecule has 8 nitrogen and oxygen atoms in total. The molecule has 188 valence electrons. The first-order chi connectivity index (χ1) is 17.4. The largest absolute Gasteiger partial charge is 0.465 e. The monoisotopic (exact) mass is 487 g/mol. The number of benzene rings is 2. The number of rotatable bonds is 6. The van der Waals surface area contributed by atoms with Gasteiger partial charge in [-0.05, 0) is 24.0 Å². The van der Waals surface area contributed by atoms with Crippen molar-refractivity contribution >= 4 is 12.0 Å². The fourth-order valence-electron chi connectivity index (χ4n) is 5.39. The summed E-state index contributed by atoms with van der Waals surface area (Å²) < 4.78 is 2.16. The van der Waals surface area contributed by atoms with Crippen molar-refractivity contribution in [3.63, 3.8) is 0 Å². The average molecular weight is 488 g/mol. The molecule has 2 heterocycles. The Morgan fingerprint density at radius 3 is 2.33 bits per heavy atom. The second kappa shape index (κ2) is 10.1. The number of hydrogen-bond donors (Lipinski definition) is 2. The number of nitrogens with zero attached hydrogens (tertiary/aromatic N) is 4. The second-order valence-electron chi connectivity index (χ2n) is 9.99. The van der Waals surface area contributed by atoms with Gasteiger partial charge in [0.2, 0.25) is 0 Å². The van der Waals surface area contributed by atoms with Crippen molar-refractivity contribution < 1.29 is 14.7 Å². The lowest BCUT2D eigenvalue weighted by atomic mass is 10.1. The summed E-state index contributed by atoms with van der Waals surface area (Å²) in [7, 11) is 0. The maximum atomic E-state index is 14.0. The number of nitrogens with one attached hydrogen (secondary N) is 1. The summed E-state index contributed by atoms with van der Waals surface area (Å²) in [6.45, 7) is 5.51. The summed E-state index contributed by atoms with van der Waals surface area (Å²) in [4.78, 5) is 33.6. The molecular weight excluding hydrogens is 454 g/mol. The van der Waals surface area contributed by atoms with Crippen LogP contribution in [-0.2, 0) is 12.8 Å². The normalized spacial score (nSPS) is 18.0. The van der Waals surface area contributed by atoms with E-state index in [-0.39, 0.29) is 30.6 Å². The Kier molecular flexibility index (Phi) is 6.78. The quantitative estimate of drug-likeness (QED) is 0.553. The Morgan fingerprint density at radius 1 is 1.03 bits per heavy atom. The van der Waals surface area contributed by atoms with E-state index < -0.39 is 6.09 Å². The maximum Gasteiger partial charge on any atom is 0.407 e. The standard InChI is InChI=1S/C28H33N5O3/c1-19(2)29-16-24-17-31(28(35)36)12-13-32(24)27(34)25-26(20-8-4-3-5-9-20)33(18-30-25)23-14-21-10-6-7-11-22(21)15-23/h3-11,18-19,23-24,29H,12-17H2,1-2H3,(H,35,36)/t24-/m1/s1. The molecule has 1 aromatic heterocycles. The number of fused-ring (bicyclic) bond motifs is 1. The third-order valence-corrected chi connectivity index (χ3v) is 7.24. The van der Waals surface area contributed by atoms with E-state index in [2.05, 4.69) is 39.1 Å². The number of piperazine rings is 1. The van der Waals surface area contributed by atoms with Crippen molar-refractivity contribution in [3.8, 4) is 11.3 Å². The number of imidazole rings is 1. The molecule has 0 unspecified atom stereocenters. The molecule has 36 heavy (non-hydrogen) atoms. The van der Waals surface area contributed by atoms with Crippen LogP contribution in [-0.4, -0.2) is 74.7 Å². The molecule has 3 aromatic rings. The van der Waals surface area contributed by atoms with Crippen LogP contribution in [0.25, 0.3) is 11.3 Å². The Balaban J connectivity index is 1.49. The van der Waals surface area contributed by atoms with E-state index in [1.807, 2.05) is 44.2 Å². The summed E-state index contributed by atoms with van der Waals surface area (Å²) in [6, 6.07) is 18.6. The van der Waals surface area contributed by atoms with Gasteiger partial charge in [-0.2, -0.15) is 0 Å². The van der Waals surface area contributed by atoms with Gasteiger partial charge in [-0.1, -0.05) is 68.4 Å². The van der Waals surface area contributed by atoms with Crippen LogP contribution in [0.4, 0.5) is 4.79 Å². The van der Waals surface area contributed by atoms with Crippen molar-refractivity contribution in [3.05, 3.63) is 77.7 Å². The van der Waals surface area contributed by atoms with Crippen molar-refractivity contribution in [2.75, 3.05) is 26.2 Å². The number of carboxylic acid groups (broad SMARTS) is 1. The molecule has 0 bridgehead atoms. The van der Waals surface area contributed by atoms with Crippen LogP contribution in [0.1, 0.15) is 41.5 Å². The van der Waals surface area contributed by atoms with Crippen LogP contribution >= 0.6 is 0 Å². The van der Waals surface area contributed by atoms with E-state index in [9.17, 15) is 14.7 Å². The van der Waals surface area contributed by atoms with Crippen molar-refractivity contribution in [2.24, 2.45) is 0 Å². The van der Waals surface area contributed by atoms with Crippen LogP contribution in [0, 0.1) is 0 Å². The summed E-state index contributed by atoms with van der Waals surface area (Å²) >= 11 is 0. The smallest absolute Gasteiger partial charge is 0.407 e. The van der Waals surface area contributed by atoms with E-state index in [0.29, 0.717) is 25.3 Å². The molecule has 1 aliphatic heterocycles. The van der Waals surface area contributed by atoms with Crippen molar-refractivity contribution in [2.45, 2.75) is 44.8 Å². The first kappa shape index (κ1) is 24.1. The van der Waals surface area contributed by atoms with Gasteiger partial charge in [0.05, 0.1) is 18.1 Å². The fraction of sp³-hybridized carbons (Fsp3) is 0.393. The third-order valence-electron chi connectivity index (χ3n) is 7.24. The second-order valence-corrected chi connectivity index (χ2v) is 9.99.